The number of aryl methyl sites for hydroxylation is 1. The summed E-state index contributed by atoms with van der Waals surface area (Å²) in [5.41, 5.74) is 1.86. The molecule has 1 amide bonds. The summed E-state index contributed by atoms with van der Waals surface area (Å²) in [5.74, 6) is 0.456. The van der Waals surface area contributed by atoms with Gasteiger partial charge in [-0.1, -0.05) is 49.4 Å². The number of carbonyl (C=O) groups is 1. The van der Waals surface area contributed by atoms with Gasteiger partial charge in [-0.2, -0.15) is 0 Å². The van der Waals surface area contributed by atoms with Crippen LogP contribution in [0, 0.1) is 6.92 Å². The highest BCUT2D eigenvalue weighted by Crippen LogP contribution is 2.22. The van der Waals surface area contributed by atoms with Gasteiger partial charge in [-0.05, 0) is 42.7 Å². The predicted octanol–water partition coefficient (Wildman–Crippen LogP) is 2.92. The van der Waals surface area contributed by atoms with E-state index >= 15 is 0 Å². The Kier molecular flexibility index (Phi) is 9.05. The Hall–Kier alpha value is -2.68. The molecule has 1 heterocycles. The maximum Gasteiger partial charge on any atom is 0.260 e. The van der Waals surface area contributed by atoms with Crippen molar-refractivity contribution in [2.24, 2.45) is 0 Å². The molecular formula is C25H33N3O4S. The summed E-state index contributed by atoms with van der Waals surface area (Å²) >= 11 is 0. The van der Waals surface area contributed by atoms with Crippen LogP contribution in [0.2, 0.25) is 0 Å². The van der Waals surface area contributed by atoms with Crippen LogP contribution in [0.5, 0.6) is 5.75 Å². The summed E-state index contributed by atoms with van der Waals surface area (Å²) in [7, 11) is -3.53. The van der Waals surface area contributed by atoms with Crippen molar-refractivity contribution in [2.45, 2.75) is 25.2 Å². The molecule has 0 aliphatic carbocycles. The number of hydrogen-bond donors (Lipinski definition) is 1. The Labute approximate surface area is 197 Å². The van der Waals surface area contributed by atoms with Crippen LogP contribution in [-0.2, 0) is 14.8 Å². The second-order valence-corrected chi connectivity index (χ2v) is 9.88. The summed E-state index contributed by atoms with van der Waals surface area (Å²) in [6, 6.07) is 14.9. The summed E-state index contributed by atoms with van der Waals surface area (Å²) in [5, 5.41) is 0. The van der Waals surface area contributed by atoms with Crippen molar-refractivity contribution in [3.05, 3.63) is 65.7 Å². The minimum atomic E-state index is -3.53. The van der Waals surface area contributed by atoms with E-state index in [0.29, 0.717) is 30.9 Å². The first-order valence-corrected chi connectivity index (χ1v) is 12.8. The zero-order chi connectivity index (χ0) is 23.7. The second kappa shape index (κ2) is 12.0. The first-order valence-electron chi connectivity index (χ1n) is 11.3. The molecule has 1 aliphatic rings. The van der Waals surface area contributed by atoms with Crippen LogP contribution in [0.1, 0.15) is 24.5 Å². The highest BCUT2D eigenvalue weighted by atomic mass is 32.2. The van der Waals surface area contributed by atoms with E-state index in [1.165, 1.54) is 11.6 Å². The van der Waals surface area contributed by atoms with Gasteiger partial charge in [0.25, 0.3) is 5.91 Å². The smallest absolute Gasteiger partial charge is 0.260 e. The van der Waals surface area contributed by atoms with E-state index in [9.17, 15) is 13.2 Å². The highest BCUT2D eigenvalue weighted by molar-refractivity contribution is 7.89. The number of carbonyl (C=O) groups excluding carboxylic acids is 1. The normalized spacial score (nSPS) is 15.2. The maximum atomic E-state index is 12.6. The molecule has 0 spiro atoms. The van der Waals surface area contributed by atoms with Gasteiger partial charge in [0.2, 0.25) is 10.0 Å². The second-order valence-electron chi connectivity index (χ2n) is 8.11. The standard InChI is InChI=1S/C25H33N3O4S/c1-3-13-26-33(30,31)23-11-12-24(21(2)19-23)32-20-25(29)28-17-15-27(16-18-28)14-7-10-22-8-5-4-6-9-22/h4-12,19,26H,3,13-18,20H2,1-2H3. The fourth-order valence-electron chi connectivity index (χ4n) is 3.58. The molecule has 2 aromatic rings. The molecule has 3 rings (SSSR count). The zero-order valence-electron chi connectivity index (χ0n) is 19.4. The van der Waals surface area contributed by atoms with Crippen LogP contribution < -0.4 is 9.46 Å². The molecule has 178 valence electrons. The number of piperazine rings is 1. The average molecular weight is 472 g/mol. The van der Waals surface area contributed by atoms with Crippen LogP contribution in [0.3, 0.4) is 0 Å². The molecule has 0 radical (unpaired) electrons. The molecule has 0 saturated carbocycles. The third-order valence-electron chi connectivity index (χ3n) is 5.55. The van der Waals surface area contributed by atoms with Crippen molar-refractivity contribution >= 4 is 22.0 Å². The third kappa shape index (κ3) is 7.42. The monoisotopic (exact) mass is 471 g/mol. The summed E-state index contributed by atoms with van der Waals surface area (Å²) in [6.07, 6.45) is 4.99. The molecule has 33 heavy (non-hydrogen) atoms. The number of nitrogens with zero attached hydrogens (tertiary/aromatic N) is 2. The van der Waals surface area contributed by atoms with E-state index in [4.69, 9.17) is 4.74 Å². The van der Waals surface area contributed by atoms with Crippen molar-refractivity contribution in [1.82, 2.24) is 14.5 Å². The van der Waals surface area contributed by atoms with E-state index in [-0.39, 0.29) is 17.4 Å². The zero-order valence-corrected chi connectivity index (χ0v) is 20.2. The van der Waals surface area contributed by atoms with Gasteiger partial charge in [0.15, 0.2) is 6.61 Å². The van der Waals surface area contributed by atoms with Gasteiger partial charge in [-0.3, -0.25) is 9.69 Å². The number of sulfonamides is 1. The van der Waals surface area contributed by atoms with Gasteiger partial charge in [-0.25, -0.2) is 13.1 Å². The molecule has 0 unspecified atom stereocenters. The van der Waals surface area contributed by atoms with Crippen LogP contribution in [0.4, 0.5) is 0 Å². The Morgan fingerprint density at radius 3 is 2.48 bits per heavy atom. The molecule has 8 heteroatoms. The van der Waals surface area contributed by atoms with Crippen LogP contribution >= 0.6 is 0 Å². The van der Waals surface area contributed by atoms with Gasteiger partial charge < -0.3 is 9.64 Å². The predicted molar refractivity (Wildman–Crippen MR) is 131 cm³/mol. The van der Waals surface area contributed by atoms with Crippen LogP contribution in [-0.4, -0.2) is 70.0 Å². The van der Waals surface area contributed by atoms with E-state index in [2.05, 4.69) is 33.9 Å². The molecule has 2 aromatic carbocycles. The van der Waals surface area contributed by atoms with E-state index in [1.54, 1.807) is 19.1 Å². The van der Waals surface area contributed by atoms with Crippen molar-refractivity contribution < 1.29 is 17.9 Å². The minimum absolute atomic E-state index is 0.0600. The van der Waals surface area contributed by atoms with Crippen molar-refractivity contribution in [3.63, 3.8) is 0 Å². The van der Waals surface area contributed by atoms with Gasteiger partial charge in [0.05, 0.1) is 4.90 Å². The molecule has 1 fully saturated rings. The number of rotatable bonds is 10. The first-order chi connectivity index (χ1) is 15.9. The van der Waals surface area contributed by atoms with Gasteiger partial charge in [0, 0.05) is 39.3 Å². The van der Waals surface area contributed by atoms with Gasteiger partial charge in [0.1, 0.15) is 5.75 Å². The number of nitrogens with one attached hydrogen (secondary N) is 1. The minimum Gasteiger partial charge on any atom is -0.483 e. The highest BCUT2D eigenvalue weighted by Gasteiger charge is 2.21. The van der Waals surface area contributed by atoms with Crippen LogP contribution in [0.25, 0.3) is 6.08 Å². The molecule has 1 saturated heterocycles. The Balaban J connectivity index is 1.44. The molecule has 0 aromatic heterocycles. The lowest BCUT2D eigenvalue weighted by atomic mass is 10.2. The van der Waals surface area contributed by atoms with E-state index in [0.717, 1.165) is 26.1 Å². The summed E-state index contributed by atoms with van der Waals surface area (Å²) in [6.45, 7) is 7.85. The van der Waals surface area contributed by atoms with Gasteiger partial charge >= 0.3 is 0 Å². The maximum absolute atomic E-state index is 12.6. The molecule has 0 atom stereocenters. The molecule has 7 nitrogen and oxygen atoms in total. The fraction of sp³-hybridized carbons (Fsp3) is 0.400. The topological polar surface area (TPSA) is 78.9 Å². The van der Waals surface area contributed by atoms with E-state index in [1.807, 2.05) is 30.0 Å². The first kappa shape index (κ1) is 25.0. The number of ether oxygens (including phenoxy) is 1. The van der Waals surface area contributed by atoms with Crippen LogP contribution in [0.15, 0.2) is 59.5 Å². The molecule has 1 aliphatic heterocycles. The van der Waals surface area contributed by atoms with Crippen molar-refractivity contribution in [2.75, 3.05) is 45.9 Å². The number of hydrogen-bond acceptors (Lipinski definition) is 5. The third-order valence-corrected chi connectivity index (χ3v) is 7.01. The SMILES string of the molecule is CCCNS(=O)(=O)c1ccc(OCC(=O)N2CCN(CC=Cc3ccccc3)CC2)c(C)c1. The average Bonchev–Trinajstić information content (AvgIpc) is 2.83. The Bertz CT molecular complexity index is 1050. The molecular weight excluding hydrogens is 438 g/mol. The molecule has 0 bridgehead atoms. The van der Waals surface area contributed by atoms with Gasteiger partial charge in [-0.15, -0.1) is 0 Å². The number of benzene rings is 2. The Morgan fingerprint density at radius 1 is 1.09 bits per heavy atom. The largest absolute Gasteiger partial charge is 0.483 e. The number of amides is 1. The quantitative estimate of drug-likeness (QED) is 0.577. The van der Waals surface area contributed by atoms with Crippen molar-refractivity contribution in [3.8, 4) is 5.75 Å². The Morgan fingerprint density at radius 2 is 1.82 bits per heavy atom. The molecule has 1 N–H and O–H groups in total. The summed E-state index contributed by atoms with van der Waals surface area (Å²) < 4.78 is 32.8. The van der Waals surface area contributed by atoms with Crippen molar-refractivity contribution in [1.29, 1.82) is 0 Å². The van der Waals surface area contributed by atoms with E-state index < -0.39 is 10.0 Å². The fourth-order valence-corrected chi connectivity index (χ4v) is 4.80. The lowest BCUT2D eigenvalue weighted by molar-refractivity contribution is -0.135. The lowest BCUT2D eigenvalue weighted by Gasteiger charge is -2.34. The lowest BCUT2D eigenvalue weighted by Crippen LogP contribution is -2.49. The summed E-state index contributed by atoms with van der Waals surface area (Å²) in [4.78, 5) is 16.9.